The smallest absolute Gasteiger partial charge is 0.0999 e. The predicted octanol–water partition coefficient (Wildman–Crippen LogP) is 13.0. The first-order valence-electron chi connectivity index (χ1n) is 14.7. The summed E-state index contributed by atoms with van der Waals surface area (Å²) < 4.78 is 1.03. The lowest BCUT2D eigenvalue weighted by Gasteiger charge is -2.30. The summed E-state index contributed by atoms with van der Waals surface area (Å²) in [6.45, 7) is 4.69. The van der Waals surface area contributed by atoms with Gasteiger partial charge < -0.3 is 9.80 Å². The summed E-state index contributed by atoms with van der Waals surface area (Å²) in [5, 5.41) is 9.10. The van der Waals surface area contributed by atoms with Crippen LogP contribution in [0.2, 0.25) is 0 Å². The van der Waals surface area contributed by atoms with Crippen molar-refractivity contribution in [3.63, 3.8) is 0 Å². The number of halogens is 1. The Balaban J connectivity index is 1.31. The predicted molar refractivity (Wildman–Crippen MR) is 194 cm³/mol. The van der Waals surface area contributed by atoms with Crippen LogP contribution in [0.1, 0.15) is 25.0 Å². The van der Waals surface area contributed by atoms with Crippen LogP contribution in [0.4, 0.5) is 32.8 Å². The van der Waals surface area contributed by atoms with Gasteiger partial charge in [0.15, 0.2) is 0 Å². The molecule has 44 heavy (non-hydrogen) atoms. The van der Waals surface area contributed by atoms with Crippen molar-refractivity contribution in [2.75, 3.05) is 9.80 Å². The molecule has 2 aromatic heterocycles. The van der Waals surface area contributed by atoms with Gasteiger partial charge in [-0.1, -0.05) is 96.5 Å². The van der Waals surface area contributed by atoms with E-state index < -0.39 is 0 Å². The first kappa shape index (κ1) is 27.4. The second-order valence-corrected chi connectivity index (χ2v) is 14.4. The van der Waals surface area contributed by atoms with Crippen molar-refractivity contribution in [2.45, 2.75) is 19.3 Å². The maximum absolute atomic E-state index is 3.91. The number of nitrogens with zero attached hydrogens (tertiary/aromatic N) is 2. The van der Waals surface area contributed by atoms with E-state index in [4.69, 9.17) is 0 Å². The number of hydrogen-bond acceptors (Lipinski definition) is 4. The van der Waals surface area contributed by atoms with Crippen LogP contribution in [0, 0.1) is 0 Å². The van der Waals surface area contributed by atoms with Gasteiger partial charge in [-0.3, -0.25) is 0 Å². The topological polar surface area (TPSA) is 6.48 Å². The van der Waals surface area contributed by atoms with Crippen molar-refractivity contribution in [2.24, 2.45) is 0 Å². The molecule has 0 radical (unpaired) electrons. The monoisotopic (exact) mass is 668 g/mol. The third-order valence-electron chi connectivity index (χ3n) is 8.67. The lowest BCUT2D eigenvalue weighted by Crippen LogP contribution is -2.16. The van der Waals surface area contributed by atoms with E-state index in [1.807, 2.05) is 0 Å². The van der Waals surface area contributed by atoms with Gasteiger partial charge in [-0.15, -0.1) is 22.7 Å². The largest absolute Gasteiger partial charge is 0.302 e. The third-order valence-corrected chi connectivity index (χ3v) is 10.8. The number of rotatable bonds is 6. The van der Waals surface area contributed by atoms with Crippen LogP contribution in [0.25, 0.3) is 21.9 Å². The van der Waals surface area contributed by atoms with Crippen LogP contribution in [0.5, 0.6) is 0 Å². The van der Waals surface area contributed by atoms with Gasteiger partial charge in [0, 0.05) is 21.0 Å². The SMILES string of the molecule is CC1(C)c2ccccc2-c2ccc(N(c3cc(Br)cc(N(c4cccs4)c4cccc5ccccc45)c3)c3cccs3)cc21. The highest BCUT2D eigenvalue weighted by Crippen LogP contribution is 2.51. The van der Waals surface area contributed by atoms with E-state index in [1.165, 1.54) is 43.0 Å². The maximum atomic E-state index is 3.91. The number of anilines is 6. The fraction of sp³-hybridized carbons (Fsp3) is 0.0769. The molecule has 5 aromatic carbocycles. The highest BCUT2D eigenvalue weighted by Gasteiger charge is 2.35. The minimum Gasteiger partial charge on any atom is -0.302 e. The molecule has 0 saturated heterocycles. The van der Waals surface area contributed by atoms with Crippen LogP contribution in [0.3, 0.4) is 0 Å². The highest BCUT2D eigenvalue weighted by atomic mass is 79.9. The Morgan fingerprint density at radius 1 is 0.545 bits per heavy atom. The maximum Gasteiger partial charge on any atom is 0.0999 e. The molecule has 5 heteroatoms. The molecule has 0 fully saturated rings. The van der Waals surface area contributed by atoms with Crippen molar-refractivity contribution >= 4 is 82.1 Å². The summed E-state index contributed by atoms with van der Waals surface area (Å²) in [5.41, 5.74) is 9.87. The van der Waals surface area contributed by atoms with Crippen molar-refractivity contribution in [1.29, 1.82) is 0 Å². The van der Waals surface area contributed by atoms with Gasteiger partial charge in [0.05, 0.1) is 27.1 Å². The molecule has 0 atom stereocenters. The minimum atomic E-state index is -0.0736. The standard InChI is InChI=1S/C39H29BrN2S2/c1-39(2)34-14-6-5-13-32(34)33-19-18-28(25-35(33)39)41(37-16-8-20-43-37)29-22-27(40)23-30(24-29)42(38-17-9-21-44-38)36-15-7-11-26-10-3-4-12-31(26)36/h3-25H,1-2H3. The molecule has 0 amide bonds. The summed E-state index contributed by atoms with van der Waals surface area (Å²) >= 11 is 7.42. The molecule has 214 valence electrons. The number of fused-ring (bicyclic) bond motifs is 4. The first-order valence-corrected chi connectivity index (χ1v) is 17.2. The molecule has 0 aliphatic heterocycles. The molecule has 0 spiro atoms. The van der Waals surface area contributed by atoms with E-state index in [0.717, 1.165) is 27.2 Å². The molecule has 0 bridgehead atoms. The Hall–Kier alpha value is -4.16. The molecule has 0 saturated carbocycles. The Labute approximate surface area is 274 Å². The number of thiophene rings is 2. The van der Waals surface area contributed by atoms with Crippen LogP contribution >= 0.6 is 38.6 Å². The van der Waals surface area contributed by atoms with Crippen LogP contribution in [-0.4, -0.2) is 0 Å². The molecule has 7 aromatic rings. The zero-order valence-electron chi connectivity index (χ0n) is 24.4. The minimum absolute atomic E-state index is 0.0736. The summed E-state index contributed by atoms with van der Waals surface area (Å²) in [4.78, 5) is 4.78. The molecule has 0 N–H and O–H groups in total. The average molecular weight is 670 g/mol. The zero-order valence-corrected chi connectivity index (χ0v) is 27.6. The van der Waals surface area contributed by atoms with Gasteiger partial charge in [0.1, 0.15) is 0 Å². The molecular formula is C39H29BrN2S2. The van der Waals surface area contributed by atoms with Crippen LogP contribution < -0.4 is 9.80 Å². The van der Waals surface area contributed by atoms with E-state index in [1.54, 1.807) is 22.7 Å². The highest BCUT2D eigenvalue weighted by molar-refractivity contribution is 9.10. The normalized spacial score (nSPS) is 13.1. The average Bonchev–Trinajstić information content (AvgIpc) is 3.80. The van der Waals surface area contributed by atoms with Crippen LogP contribution in [-0.2, 0) is 5.41 Å². The van der Waals surface area contributed by atoms with E-state index >= 15 is 0 Å². The van der Waals surface area contributed by atoms with Gasteiger partial charge in [0.2, 0.25) is 0 Å². The molecule has 2 nitrogen and oxygen atoms in total. The molecule has 8 rings (SSSR count). The van der Waals surface area contributed by atoms with E-state index in [-0.39, 0.29) is 5.41 Å². The van der Waals surface area contributed by atoms with Crippen molar-refractivity contribution < 1.29 is 0 Å². The second-order valence-electron chi connectivity index (χ2n) is 11.6. The summed E-state index contributed by atoms with van der Waals surface area (Å²) in [6.07, 6.45) is 0. The van der Waals surface area contributed by atoms with Gasteiger partial charge in [-0.2, -0.15) is 0 Å². The van der Waals surface area contributed by atoms with Crippen LogP contribution in [0.15, 0.2) is 143 Å². The van der Waals surface area contributed by atoms with Crippen molar-refractivity contribution in [1.82, 2.24) is 0 Å². The lowest BCUT2D eigenvalue weighted by atomic mass is 9.82. The molecule has 0 unspecified atom stereocenters. The quantitative estimate of drug-likeness (QED) is 0.174. The van der Waals surface area contributed by atoms with E-state index in [0.29, 0.717) is 0 Å². The zero-order chi connectivity index (χ0) is 29.8. The van der Waals surface area contributed by atoms with Gasteiger partial charge in [-0.05, 0) is 99.1 Å². The molecule has 2 heterocycles. The molecular weight excluding hydrogens is 640 g/mol. The fourth-order valence-corrected chi connectivity index (χ4v) is 8.64. The third kappa shape index (κ3) is 4.50. The summed E-state index contributed by atoms with van der Waals surface area (Å²) in [5.74, 6) is 0. The first-order chi connectivity index (χ1) is 21.5. The summed E-state index contributed by atoms with van der Waals surface area (Å²) in [6, 6.07) is 46.4. The van der Waals surface area contributed by atoms with Crippen molar-refractivity contribution in [3.05, 3.63) is 154 Å². The fourth-order valence-electron chi connectivity index (χ4n) is 6.63. The number of hydrogen-bond donors (Lipinski definition) is 0. The number of benzene rings is 5. The Morgan fingerprint density at radius 3 is 1.98 bits per heavy atom. The lowest BCUT2D eigenvalue weighted by molar-refractivity contribution is 0.660. The molecule has 1 aliphatic rings. The Bertz CT molecular complexity index is 2130. The van der Waals surface area contributed by atoms with Gasteiger partial charge >= 0.3 is 0 Å². The molecule has 1 aliphatic carbocycles. The van der Waals surface area contributed by atoms with E-state index in [2.05, 4.69) is 178 Å². The Kier molecular flexibility index (Phi) is 6.71. The van der Waals surface area contributed by atoms with Gasteiger partial charge in [-0.25, -0.2) is 0 Å². The van der Waals surface area contributed by atoms with E-state index in [9.17, 15) is 0 Å². The van der Waals surface area contributed by atoms with Crippen molar-refractivity contribution in [3.8, 4) is 11.1 Å². The summed E-state index contributed by atoms with van der Waals surface area (Å²) in [7, 11) is 0. The van der Waals surface area contributed by atoms with Gasteiger partial charge in [0.25, 0.3) is 0 Å². The Morgan fingerprint density at radius 2 is 1.20 bits per heavy atom. The second kappa shape index (κ2) is 10.8.